The fraction of sp³-hybridized carbons (Fsp3) is 0.923. The second-order valence-electron chi connectivity index (χ2n) is 4.78. The molecule has 1 aliphatic rings. The lowest BCUT2D eigenvalue weighted by Gasteiger charge is -2.17. The van der Waals surface area contributed by atoms with Gasteiger partial charge in [-0.3, -0.25) is 4.99 Å². The van der Waals surface area contributed by atoms with Crippen molar-refractivity contribution in [3.8, 4) is 0 Å². The third kappa shape index (κ3) is 5.99. The maximum atomic E-state index is 4.47. The Morgan fingerprint density at radius 3 is 2.62 bits per heavy atom. The number of unbranched alkanes of at least 4 members (excludes halogenated alkanes) is 2. The third-order valence-corrected chi connectivity index (χ3v) is 2.86. The Labute approximate surface area is 100 Å². The first-order chi connectivity index (χ1) is 7.76. The van der Waals surface area contributed by atoms with Gasteiger partial charge in [0.05, 0.1) is 0 Å². The normalized spacial score (nSPS) is 18.3. The Bertz CT molecular complexity index is 209. The average Bonchev–Trinajstić information content (AvgIpc) is 3.02. The van der Waals surface area contributed by atoms with E-state index in [0.29, 0.717) is 12.1 Å². The summed E-state index contributed by atoms with van der Waals surface area (Å²) in [6.45, 7) is 7.42. The fourth-order valence-electron chi connectivity index (χ4n) is 1.72. The molecule has 1 rings (SSSR count). The Kier molecular flexibility index (Phi) is 6.27. The molecule has 0 radical (unpaired) electrons. The number of hydrogen-bond acceptors (Lipinski definition) is 1. The molecule has 0 aromatic rings. The summed E-state index contributed by atoms with van der Waals surface area (Å²) >= 11 is 0. The van der Waals surface area contributed by atoms with Gasteiger partial charge in [-0.15, -0.1) is 0 Å². The molecule has 1 fully saturated rings. The largest absolute Gasteiger partial charge is 0.354 e. The van der Waals surface area contributed by atoms with Gasteiger partial charge in [-0.05, 0) is 33.1 Å². The molecule has 1 atom stereocenters. The number of hydrogen-bond donors (Lipinski definition) is 2. The second-order valence-corrected chi connectivity index (χ2v) is 4.78. The molecule has 0 heterocycles. The first-order valence-electron chi connectivity index (χ1n) is 6.83. The Hall–Kier alpha value is -0.730. The molecule has 0 aromatic carbocycles. The van der Waals surface area contributed by atoms with Crippen molar-refractivity contribution in [1.29, 1.82) is 0 Å². The molecule has 0 aliphatic heterocycles. The van der Waals surface area contributed by atoms with E-state index >= 15 is 0 Å². The van der Waals surface area contributed by atoms with Gasteiger partial charge in [-0.1, -0.05) is 26.2 Å². The van der Waals surface area contributed by atoms with Gasteiger partial charge in [0.25, 0.3) is 0 Å². The predicted octanol–water partition coefficient (Wildman–Crippen LogP) is 2.67. The van der Waals surface area contributed by atoms with E-state index in [9.17, 15) is 0 Å². The zero-order valence-corrected chi connectivity index (χ0v) is 11.1. The molecule has 1 aliphatic carbocycles. The van der Waals surface area contributed by atoms with Crippen LogP contribution in [0.15, 0.2) is 4.99 Å². The summed E-state index contributed by atoms with van der Waals surface area (Å²) in [5.41, 5.74) is 0. The minimum Gasteiger partial charge on any atom is -0.354 e. The highest BCUT2D eigenvalue weighted by atomic mass is 15.2. The van der Waals surface area contributed by atoms with Crippen molar-refractivity contribution < 1.29 is 0 Å². The van der Waals surface area contributed by atoms with Crippen LogP contribution in [0.1, 0.15) is 59.3 Å². The van der Waals surface area contributed by atoms with Crippen LogP contribution in [0.25, 0.3) is 0 Å². The van der Waals surface area contributed by atoms with Crippen LogP contribution in [0.4, 0.5) is 0 Å². The van der Waals surface area contributed by atoms with Crippen LogP contribution in [0, 0.1) is 0 Å². The van der Waals surface area contributed by atoms with Crippen molar-refractivity contribution >= 4 is 5.96 Å². The zero-order valence-electron chi connectivity index (χ0n) is 11.1. The highest BCUT2D eigenvalue weighted by molar-refractivity contribution is 5.80. The lowest BCUT2D eigenvalue weighted by Crippen LogP contribution is -2.43. The van der Waals surface area contributed by atoms with E-state index in [2.05, 4.69) is 36.4 Å². The molecular formula is C13H27N3. The molecule has 0 bridgehead atoms. The Morgan fingerprint density at radius 2 is 2.06 bits per heavy atom. The quantitative estimate of drug-likeness (QED) is 0.397. The van der Waals surface area contributed by atoms with E-state index in [4.69, 9.17) is 0 Å². The molecule has 16 heavy (non-hydrogen) atoms. The van der Waals surface area contributed by atoms with Crippen LogP contribution >= 0.6 is 0 Å². The van der Waals surface area contributed by atoms with Gasteiger partial charge in [0.2, 0.25) is 0 Å². The van der Waals surface area contributed by atoms with Crippen molar-refractivity contribution in [3.05, 3.63) is 0 Å². The van der Waals surface area contributed by atoms with E-state index in [1.165, 1.54) is 38.5 Å². The topological polar surface area (TPSA) is 36.4 Å². The molecule has 1 unspecified atom stereocenters. The average molecular weight is 225 g/mol. The van der Waals surface area contributed by atoms with Gasteiger partial charge in [0, 0.05) is 18.6 Å². The number of guanidine groups is 1. The summed E-state index contributed by atoms with van der Waals surface area (Å²) in [4.78, 5) is 4.47. The minimum atomic E-state index is 0.531. The third-order valence-electron chi connectivity index (χ3n) is 2.86. The van der Waals surface area contributed by atoms with Gasteiger partial charge in [-0.2, -0.15) is 0 Å². The first kappa shape index (κ1) is 13.3. The van der Waals surface area contributed by atoms with Crippen molar-refractivity contribution in [1.82, 2.24) is 10.6 Å². The smallest absolute Gasteiger partial charge is 0.191 e. The fourth-order valence-corrected chi connectivity index (χ4v) is 1.72. The monoisotopic (exact) mass is 225 g/mol. The van der Waals surface area contributed by atoms with Crippen molar-refractivity contribution in [2.24, 2.45) is 4.99 Å². The van der Waals surface area contributed by atoms with Crippen LogP contribution in [0.2, 0.25) is 0 Å². The summed E-state index contributed by atoms with van der Waals surface area (Å²) in [5, 5.41) is 6.94. The van der Waals surface area contributed by atoms with E-state index in [1.54, 1.807) is 0 Å². The van der Waals surface area contributed by atoms with Crippen LogP contribution in [0.5, 0.6) is 0 Å². The summed E-state index contributed by atoms with van der Waals surface area (Å²) in [5.74, 6) is 1.01. The van der Waals surface area contributed by atoms with Crippen LogP contribution < -0.4 is 10.6 Å². The number of aliphatic imine (C=N–C) groups is 1. The maximum absolute atomic E-state index is 4.47. The summed E-state index contributed by atoms with van der Waals surface area (Å²) in [6, 6.07) is 1.21. The van der Waals surface area contributed by atoms with Gasteiger partial charge >= 0.3 is 0 Å². The number of nitrogens with zero attached hydrogens (tertiary/aromatic N) is 1. The molecule has 1 saturated carbocycles. The maximum Gasteiger partial charge on any atom is 0.191 e. The Morgan fingerprint density at radius 1 is 1.31 bits per heavy atom. The van der Waals surface area contributed by atoms with E-state index in [0.717, 1.165) is 12.5 Å². The summed E-state index contributed by atoms with van der Waals surface area (Å²) < 4.78 is 0. The molecule has 2 N–H and O–H groups in total. The van der Waals surface area contributed by atoms with Crippen molar-refractivity contribution in [2.45, 2.75) is 71.4 Å². The molecule has 3 heteroatoms. The SMILES string of the molecule is CCCCCC(C)NC(=NCC)NC1CC1. The van der Waals surface area contributed by atoms with Gasteiger partial charge < -0.3 is 10.6 Å². The van der Waals surface area contributed by atoms with Gasteiger partial charge in [-0.25, -0.2) is 0 Å². The summed E-state index contributed by atoms with van der Waals surface area (Å²) in [7, 11) is 0. The van der Waals surface area contributed by atoms with E-state index in [1.807, 2.05) is 0 Å². The molecule has 0 aromatic heterocycles. The zero-order chi connectivity index (χ0) is 11.8. The molecule has 0 saturated heterocycles. The number of nitrogens with one attached hydrogen (secondary N) is 2. The molecular weight excluding hydrogens is 198 g/mol. The highest BCUT2D eigenvalue weighted by Crippen LogP contribution is 2.18. The van der Waals surface area contributed by atoms with Gasteiger partial charge in [0.1, 0.15) is 0 Å². The molecule has 3 nitrogen and oxygen atoms in total. The van der Waals surface area contributed by atoms with Crippen molar-refractivity contribution in [3.63, 3.8) is 0 Å². The number of rotatable bonds is 7. The minimum absolute atomic E-state index is 0.531. The first-order valence-corrected chi connectivity index (χ1v) is 6.83. The van der Waals surface area contributed by atoms with Gasteiger partial charge in [0.15, 0.2) is 5.96 Å². The second kappa shape index (κ2) is 7.53. The lowest BCUT2D eigenvalue weighted by molar-refractivity contribution is 0.546. The van der Waals surface area contributed by atoms with E-state index < -0.39 is 0 Å². The highest BCUT2D eigenvalue weighted by Gasteiger charge is 2.22. The molecule has 0 spiro atoms. The summed E-state index contributed by atoms with van der Waals surface area (Å²) in [6.07, 6.45) is 7.78. The predicted molar refractivity (Wildman–Crippen MR) is 70.9 cm³/mol. The van der Waals surface area contributed by atoms with E-state index in [-0.39, 0.29) is 0 Å². The Balaban J connectivity index is 2.20. The lowest BCUT2D eigenvalue weighted by atomic mass is 10.1. The molecule has 94 valence electrons. The van der Waals surface area contributed by atoms with Crippen LogP contribution in [-0.2, 0) is 0 Å². The standard InChI is InChI=1S/C13H27N3/c1-4-6-7-8-11(3)15-13(14-5-2)16-12-9-10-12/h11-12H,4-10H2,1-3H3,(H2,14,15,16). The van der Waals surface area contributed by atoms with Crippen LogP contribution in [-0.4, -0.2) is 24.6 Å². The molecule has 0 amide bonds. The van der Waals surface area contributed by atoms with Crippen LogP contribution in [0.3, 0.4) is 0 Å². The van der Waals surface area contributed by atoms with Crippen molar-refractivity contribution in [2.75, 3.05) is 6.54 Å².